The Hall–Kier alpha value is -2.60. The Balaban J connectivity index is 1.64. The summed E-state index contributed by atoms with van der Waals surface area (Å²) < 4.78 is 0. The standard InChI is InChI=1S/C25H18/c1-5-15-12-17-7-3-9-20-19-8-2-4-14-10-11-18-13-16(6-1)21(15)25(23(17)20)24(18)22(14)19/h1-3,5-13,21,23-25H,4H2. The van der Waals surface area contributed by atoms with Crippen molar-refractivity contribution in [3.8, 4) is 0 Å². The maximum absolute atomic E-state index is 2.48. The highest BCUT2D eigenvalue weighted by atomic mass is 14.6. The van der Waals surface area contributed by atoms with E-state index in [9.17, 15) is 0 Å². The SMILES string of the molecule is C1=CC2=CC3=CC=C4CC=CC5=C4C3C3C2C(=C1)C=C1C=CC=C5C13. The van der Waals surface area contributed by atoms with E-state index in [-0.39, 0.29) is 0 Å². The Morgan fingerprint density at radius 2 is 1.48 bits per heavy atom. The van der Waals surface area contributed by atoms with Gasteiger partial charge in [0.25, 0.3) is 0 Å². The number of fused-ring (bicyclic) bond motifs is 1. The zero-order chi connectivity index (χ0) is 16.1. The van der Waals surface area contributed by atoms with Crippen LogP contribution in [-0.4, -0.2) is 0 Å². The van der Waals surface area contributed by atoms with Gasteiger partial charge in [0, 0.05) is 17.8 Å². The van der Waals surface area contributed by atoms with E-state index < -0.39 is 0 Å². The number of hydrogen-bond acceptors (Lipinski definition) is 0. The second-order valence-corrected chi connectivity index (χ2v) is 8.10. The summed E-state index contributed by atoms with van der Waals surface area (Å²) in [5, 5.41) is 0. The predicted octanol–water partition coefficient (Wildman–Crippen LogP) is 5.46. The lowest BCUT2D eigenvalue weighted by molar-refractivity contribution is 0.259. The zero-order valence-electron chi connectivity index (χ0n) is 13.9. The van der Waals surface area contributed by atoms with Crippen molar-refractivity contribution in [3.05, 3.63) is 117 Å². The van der Waals surface area contributed by atoms with Gasteiger partial charge < -0.3 is 0 Å². The molecule has 0 spiro atoms. The molecular weight excluding hydrogens is 300 g/mol. The van der Waals surface area contributed by atoms with Gasteiger partial charge in [-0.1, -0.05) is 72.9 Å². The van der Waals surface area contributed by atoms with Crippen molar-refractivity contribution >= 4 is 0 Å². The number of rotatable bonds is 0. The van der Waals surface area contributed by atoms with Gasteiger partial charge in [-0.2, -0.15) is 0 Å². The smallest absolute Gasteiger partial charge is 0.0145 e. The van der Waals surface area contributed by atoms with Crippen molar-refractivity contribution in [2.75, 3.05) is 0 Å². The maximum atomic E-state index is 2.48. The van der Waals surface area contributed by atoms with E-state index in [0.717, 1.165) is 6.42 Å². The first kappa shape index (κ1) is 12.7. The molecule has 0 N–H and O–H groups in total. The van der Waals surface area contributed by atoms with Crippen molar-refractivity contribution in [1.29, 1.82) is 0 Å². The van der Waals surface area contributed by atoms with Crippen molar-refractivity contribution in [2.45, 2.75) is 6.42 Å². The van der Waals surface area contributed by atoms with Gasteiger partial charge in [0.1, 0.15) is 0 Å². The van der Waals surface area contributed by atoms with E-state index in [0.29, 0.717) is 23.7 Å². The van der Waals surface area contributed by atoms with Crippen molar-refractivity contribution in [1.82, 2.24) is 0 Å². The first-order chi connectivity index (χ1) is 12.4. The molecule has 0 bridgehead atoms. The summed E-state index contributed by atoms with van der Waals surface area (Å²) in [5.41, 5.74) is 12.3. The van der Waals surface area contributed by atoms with Crippen LogP contribution in [0.25, 0.3) is 0 Å². The lowest BCUT2D eigenvalue weighted by Crippen LogP contribution is -2.45. The van der Waals surface area contributed by atoms with Crippen LogP contribution in [0.4, 0.5) is 0 Å². The molecule has 0 aliphatic heterocycles. The van der Waals surface area contributed by atoms with E-state index in [1.807, 2.05) is 0 Å². The van der Waals surface area contributed by atoms with E-state index in [1.54, 1.807) is 16.7 Å². The first-order valence-corrected chi connectivity index (χ1v) is 9.42. The molecule has 25 heavy (non-hydrogen) atoms. The number of hydrogen-bond donors (Lipinski definition) is 0. The summed E-state index contributed by atoms with van der Waals surface area (Å²) in [4.78, 5) is 0. The molecule has 7 aliphatic rings. The number of allylic oxidation sites excluding steroid dienone is 20. The van der Waals surface area contributed by atoms with Crippen LogP contribution >= 0.6 is 0 Å². The van der Waals surface area contributed by atoms with Gasteiger partial charge in [-0.05, 0) is 56.9 Å². The molecule has 7 aliphatic carbocycles. The van der Waals surface area contributed by atoms with Crippen LogP contribution in [0.5, 0.6) is 0 Å². The first-order valence-electron chi connectivity index (χ1n) is 9.42. The molecule has 4 unspecified atom stereocenters. The molecule has 0 amide bonds. The van der Waals surface area contributed by atoms with E-state index >= 15 is 0 Å². The van der Waals surface area contributed by atoms with Gasteiger partial charge >= 0.3 is 0 Å². The minimum atomic E-state index is 0.552. The minimum absolute atomic E-state index is 0.552. The van der Waals surface area contributed by atoms with Crippen molar-refractivity contribution in [3.63, 3.8) is 0 Å². The highest BCUT2D eigenvalue weighted by Gasteiger charge is 2.53. The lowest BCUT2D eigenvalue weighted by Gasteiger charge is -2.54. The van der Waals surface area contributed by atoms with E-state index in [2.05, 4.69) is 72.9 Å². The zero-order valence-corrected chi connectivity index (χ0v) is 13.9. The summed E-state index contributed by atoms with van der Waals surface area (Å²) in [5.74, 6) is 2.33. The highest BCUT2D eigenvalue weighted by Crippen LogP contribution is 2.63. The van der Waals surface area contributed by atoms with E-state index in [1.165, 1.54) is 27.9 Å². The summed E-state index contributed by atoms with van der Waals surface area (Å²) in [6.07, 6.45) is 29.5. The summed E-state index contributed by atoms with van der Waals surface area (Å²) in [6, 6.07) is 0. The molecule has 0 aromatic carbocycles. The second-order valence-electron chi connectivity index (χ2n) is 8.10. The molecule has 0 radical (unpaired) electrons. The molecule has 0 aromatic heterocycles. The topological polar surface area (TPSA) is 0 Å². The Bertz CT molecular complexity index is 1070. The Labute approximate surface area is 148 Å². The molecule has 0 heterocycles. The highest BCUT2D eigenvalue weighted by molar-refractivity contribution is 5.70. The van der Waals surface area contributed by atoms with Gasteiger partial charge in [-0.3, -0.25) is 0 Å². The van der Waals surface area contributed by atoms with Gasteiger partial charge in [0.15, 0.2) is 0 Å². The molecule has 0 saturated carbocycles. The fraction of sp³-hybridized carbons (Fsp3) is 0.200. The molecule has 0 saturated heterocycles. The lowest BCUT2D eigenvalue weighted by atomic mass is 9.49. The van der Waals surface area contributed by atoms with Crippen LogP contribution in [0.3, 0.4) is 0 Å². The third-order valence-corrected chi connectivity index (χ3v) is 7.09. The van der Waals surface area contributed by atoms with Crippen LogP contribution in [0.15, 0.2) is 117 Å². The van der Waals surface area contributed by atoms with Crippen molar-refractivity contribution in [2.24, 2.45) is 23.7 Å². The minimum Gasteiger partial charge on any atom is -0.0795 e. The second kappa shape index (κ2) is 4.14. The Morgan fingerprint density at radius 3 is 2.40 bits per heavy atom. The normalized spacial score (nSPS) is 37.4. The molecule has 4 atom stereocenters. The average molecular weight is 318 g/mol. The fourth-order valence-corrected chi connectivity index (χ4v) is 6.30. The largest absolute Gasteiger partial charge is 0.0795 e. The molecule has 0 fully saturated rings. The van der Waals surface area contributed by atoms with Crippen molar-refractivity contribution < 1.29 is 0 Å². The van der Waals surface area contributed by atoms with Crippen LogP contribution in [-0.2, 0) is 0 Å². The predicted molar refractivity (Wildman–Crippen MR) is 102 cm³/mol. The van der Waals surface area contributed by atoms with Gasteiger partial charge in [0.05, 0.1) is 0 Å². The quantitative estimate of drug-likeness (QED) is 0.556. The monoisotopic (exact) mass is 318 g/mol. The molecule has 0 aromatic rings. The Kier molecular flexibility index (Phi) is 2.10. The molecular formula is C25H18. The summed E-state index contributed by atoms with van der Waals surface area (Å²) in [6.45, 7) is 0. The molecule has 0 nitrogen and oxygen atoms in total. The van der Waals surface area contributed by atoms with Gasteiger partial charge in [-0.25, -0.2) is 0 Å². The summed E-state index contributed by atoms with van der Waals surface area (Å²) >= 11 is 0. The third-order valence-electron chi connectivity index (χ3n) is 7.09. The van der Waals surface area contributed by atoms with E-state index in [4.69, 9.17) is 0 Å². The maximum Gasteiger partial charge on any atom is 0.0145 e. The Morgan fingerprint density at radius 1 is 0.680 bits per heavy atom. The van der Waals surface area contributed by atoms with Crippen LogP contribution < -0.4 is 0 Å². The molecule has 7 rings (SSSR count). The van der Waals surface area contributed by atoms with Crippen LogP contribution in [0, 0.1) is 23.7 Å². The molecule has 118 valence electrons. The van der Waals surface area contributed by atoms with Crippen LogP contribution in [0.1, 0.15) is 6.42 Å². The van der Waals surface area contributed by atoms with Gasteiger partial charge in [0.2, 0.25) is 0 Å². The van der Waals surface area contributed by atoms with Crippen LogP contribution in [0.2, 0.25) is 0 Å². The summed E-state index contributed by atoms with van der Waals surface area (Å²) in [7, 11) is 0. The molecule has 0 heteroatoms. The fourth-order valence-electron chi connectivity index (χ4n) is 6.30. The van der Waals surface area contributed by atoms with Gasteiger partial charge in [-0.15, -0.1) is 0 Å². The third kappa shape index (κ3) is 1.38. The average Bonchev–Trinajstić information content (AvgIpc) is 2.66.